The van der Waals surface area contributed by atoms with Gasteiger partial charge in [0.25, 0.3) is 0 Å². The second-order valence-corrected chi connectivity index (χ2v) is 9.02. The van der Waals surface area contributed by atoms with E-state index in [4.69, 9.17) is 14.3 Å². The van der Waals surface area contributed by atoms with Crippen molar-refractivity contribution in [3.63, 3.8) is 0 Å². The SMILES string of the molecule is CCNC(=O)OCC(ON1C(C)(C)CC(OC(=O)NCC)CC1(C)C)c1ccccc1. The zero-order valence-corrected chi connectivity index (χ0v) is 19.6. The highest BCUT2D eigenvalue weighted by Gasteiger charge is 2.48. The van der Waals surface area contributed by atoms with Gasteiger partial charge in [0.05, 0.1) is 0 Å². The molecule has 0 aromatic heterocycles. The molecule has 1 aliphatic rings. The summed E-state index contributed by atoms with van der Waals surface area (Å²) >= 11 is 0. The van der Waals surface area contributed by atoms with Crippen LogP contribution in [0.25, 0.3) is 0 Å². The van der Waals surface area contributed by atoms with E-state index < -0.39 is 29.4 Å². The lowest BCUT2D eigenvalue weighted by Gasteiger charge is -2.54. The number of carbonyl (C=O) groups is 2. The number of amides is 2. The summed E-state index contributed by atoms with van der Waals surface area (Å²) < 4.78 is 11.0. The predicted molar refractivity (Wildman–Crippen MR) is 118 cm³/mol. The number of hydroxylamine groups is 2. The molecule has 2 rings (SSSR count). The molecule has 0 aliphatic carbocycles. The molecular weight excluding hydrogens is 398 g/mol. The van der Waals surface area contributed by atoms with Crippen molar-refractivity contribution in [3.8, 4) is 0 Å². The van der Waals surface area contributed by atoms with Crippen molar-refractivity contribution >= 4 is 12.2 Å². The van der Waals surface area contributed by atoms with Crippen molar-refractivity contribution < 1.29 is 23.9 Å². The summed E-state index contributed by atoms with van der Waals surface area (Å²) in [6.07, 6.45) is -0.328. The van der Waals surface area contributed by atoms with Gasteiger partial charge in [-0.2, -0.15) is 5.06 Å². The van der Waals surface area contributed by atoms with Gasteiger partial charge in [0, 0.05) is 37.0 Å². The van der Waals surface area contributed by atoms with Gasteiger partial charge in [-0.15, -0.1) is 0 Å². The smallest absolute Gasteiger partial charge is 0.407 e. The molecule has 0 spiro atoms. The third kappa shape index (κ3) is 7.11. The molecule has 2 amide bonds. The van der Waals surface area contributed by atoms with Gasteiger partial charge in [-0.25, -0.2) is 9.59 Å². The van der Waals surface area contributed by atoms with Gasteiger partial charge >= 0.3 is 12.2 Å². The van der Waals surface area contributed by atoms with Gasteiger partial charge in [-0.1, -0.05) is 30.3 Å². The number of benzene rings is 1. The average molecular weight is 436 g/mol. The van der Waals surface area contributed by atoms with E-state index in [0.717, 1.165) is 5.56 Å². The maximum atomic E-state index is 11.9. The van der Waals surface area contributed by atoms with E-state index in [0.29, 0.717) is 25.9 Å². The Kier molecular flexibility index (Phi) is 8.70. The van der Waals surface area contributed by atoms with Crippen molar-refractivity contribution in [2.45, 2.75) is 77.7 Å². The number of piperidine rings is 1. The molecule has 1 saturated heterocycles. The van der Waals surface area contributed by atoms with Crippen molar-refractivity contribution in [2.24, 2.45) is 0 Å². The number of rotatable bonds is 8. The second-order valence-electron chi connectivity index (χ2n) is 9.02. The van der Waals surface area contributed by atoms with Crippen LogP contribution in [0.5, 0.6) is 0 Å². The first kappa shape index (κ1) is 24.9. The first-order valence-corrected chi connectivity index (χ1v) is 11.0. The molecule has 1 aromatic carbocycles. The Morgan fingerprint density at radius 3 is 2.10 bits per heavy atom. The summed E-state index contributed by atoms with van der Waals surface area (Å²) in [5.74, 6) is 0. The zero-order valence-electron chi connectivity index (χ0n) is 19.6. The molecule has 8 heteroatoms. The molecule has 0 radical (unpaired) electrons. The highest BCUT2D eigenvalue weighted by Crippen LogP contribution is 2.41. The molecule has 1 aromatic rings. The van der Waals surface area contributed by atoms with Crippen molar-refractivity contribution in [3.05, 3.63) is 35.9 Å². The van der Waals surface area contributed by atoms with E-state index in [1.54, 1.807) is 0 Å². The van der Waals surface area contributed by atoms with Crippen molar-refractivity contribution in [2.75, 3.05) is 19.7 Å². The third-order valence-electron chi connectivity index (χ3n) is 5.24. The quantitative estimate of drug-likeness (QED) is 0.637. The summed E-state index contributed by atoms with van der Waals surface area (Å²) in [6.45, 7) is 13.1. The fourth-order valence-corrected chi connectivity index (χ4v) is 4.21. The van der Waals surface area contributed by atoms with Crippen molar-refractivity contribution in [1.29, 1.82) is 0 Å². The Balaban J connectivity index is 2.18. The average Bonchev–Trinajstić information content (AvgIpc) is 2.67. The number of ether oxygens (including phenoxy) is 2. The highest BCUT2D eigenvalue weighted by atomic mass is 16.7. The molecule has 1 aliphatic heterocycles. The van der Waals surface area contributed by atoms with Crippen LogP contribution in [0.1, 0.15) is 66.1 Å². The molecule has 0 bridgehead atoms. The molecule has 8 nitrogen and oxygen atoms in total. The van der Waals surface area contributed by atoms with E-state index in [-0.39, 0.29) is 12.7 Å². The van der Waals surface area contributed by atoms with Gasteiger partial charge in [0.2, 0.25) is 0 Å². The summed E-state index contributed by atoms with van der Waals surface area (Å²) in [6, 6.07) is 9.71. The van der Waals surface area contributed by atoms with Crippen LogP contribution in [0.3, 0.4) is 0 Å². The standard InChI is InChI=1S/C23H37N3O5/c1-7-24-20(27)29-16-19(17-12-10-9-11-13-17)31-26-22(3,4)14-18(15-23(26,5)6)30-21(28)25-8-2/h9-13,18-19H,7-8,14-16H2,1-6H3,(H,24,27)(H,25,28). The Labute approximate surface area is 185 Å². The monoisotopic (exact) mass is 435 g/mol. The minimum atomic E-state index is -0.473. The molecule has 1 atom stereocenters. The molecule has 0 saturated carbocycles. The van der Waals surface area contributed by atoms with Crippen LogP contribution >= 0.6 is 0 Å². The minimum Gasteiger partial charge on any atom is -0.446 e. The predicted octanol–water partition coefficient (Wildman–Crippen LogP) is 4.17. The van der Waals surface area contributed by atoms with Crippen LogP contribution < -0.4 is 10.6 Å². The maximum Gasteiger partial charge on any atom is 0.407 e. The number of nitrogens with zero attached hydrogens (tertiary/aromatic N) is 1. The first-order chi connectivity index (χ1) is 14.6. The van der Waals surface area contributed by atoms with Crippen LogP contribution in [0, 0.1) is 0 Å². The fourth-order valence-electron chi connectivity index (χ4n) is 4.21. The van der Waals surface area contributed by atoms with Gasteiger partial charge in [-0.05, 0) is 47.1 Å². The van der Waals surface area contributed by atoms with Gasteiger partial charge < -0.3 is 20.1 Å². The third-order valence-corrected chi connectivity index (χ3v) is 5.24. The Morgan fingerprint density at radius 1 is 1.00 bits per heavy atom. The van der Waals surface area contributed by atoms with Crippen LogP contribution in [0.2, 0.25) is 0 Å². The molecule has 1 heterocycles. The van der Waals surface area contributed by atoms with Crippen LogP contribution in [0.4, 0.5) is 9.59 Å². The van der Waals surface area contributed by atoms with Crippen molar-refractivity contribution in [1.82, 2.24) is 15.7 Å². The fraction of sp³-hybridized carbons (Fsp3) is 0.652. The van der Waals surface area contributed by atoms with Gasteiger partial charge in [0.1, 0.15) is 18.8 Å². The van der Waals surface area contributed by atoms with E-state index >= 15 is 0 Å². The van der Waals surface area contributed by atoms with E-state index in [1.807, 2.05) is 49.2 Å². The van der Waals surface area contributed by atoms with E-state index in [2.05, 4.69) is 38.3 Å². The summed E-state index contributed by atoms with van der Waals surface area (Å²) in [7, 11) is 0. The Bertz CT molecular complexity index is 705. The topological polar surface area (TPSA) is 89.1 Å². The Morgan fingerprint density at radius 2 is 1.55 bits per heavy atom. The number of hydrogen-bond acceptors (Lipinski definition) is 6. The normalized spacial score (nSPS) is 19.3. The summed E-state index contributed by atoms with van der Waals surface area (Å²) in [5, 5.41) is 7.30. The number of nitrogens with one attached hydrogen (secondary N) is 2. The molecule has 174 valence electrons. The van der Waals surface area contributed by atoms with Gasteiger partial charge in [0.15, 0.2) is 0 Å². The number of carbonyl (C=O) groups excluding carboxylic acids is 2. The largest absolute Gasteiger partial charge is 0.446 e. The molecule has 1 unspecified atom stereocenters. The maximum absolute atomic E-state index is 11.9. The lowest BCUT2D eigenvalue weighted by atomic mass is 9.80. The summed E-state index contributed by atoms with van der Waals surface area (Å²) in [5.41, 5.74) is 0.0778. The number of hydrogen-bond donors (Lipinski definition) is 2. The van der Waals surface area contributed by atoms with Crippen LogP contribution in [-0.4, -0.2) is 54.1 Å². The summed E-state index contributed by atoms with van der Waals surface area (Å²) in [4.78, 5) is 30.3. The zero-order chi connectivity index (χ0) is 23.1. The van der Waals surface area contributed by atoms with E-state index in [1.165, 1.54) is 0 Å². The lowest BCUT2D eigenvalue weighted by Crippen LogP contribution is -2.62. The second kappa shape index (κ2) is 10.8. The van der Waals surface area contributed by atoms with E-state index in [9.17, 15) is 9.59 Å². The number of alkyl carbamates (subject to hydrolysis) is 2. The van der Waals surface area contributed by atoms with Crippen LogP contribution in [0.15, 0.2) is 30.3 Å². The first-order valence-electron chi connectivity index (χ1n) is 11.0. The highest BCUT2D eigenvalue weighted by molar-refractivity contribution is 5.67. The Hall–Kier alpha value is -2.32. The van der Waals surface area contributed by atoms with Gasteiger partial charge in [-0.3, -0.25) is 4.84 Å². The molecular formula is C23H37N3O5. The lowest BCUT2D eigenvalue weighted by molar-refractivity contribution is -0.319. The van der Waals surface area contributed by atoms with Crippen LogP contribution in [-0.2, 0) is 14.3 Å². The molecule has 1 fully saturated rings. The minimum absolute atomic E-state index is 0.0807. The molecule has 2 N–H and O–H groups in total. The molecule has 31 heavy (non-hydrogen) atoms.